The summed E-state index contributed by atoms with van der Waals surface area (Å²) in [5, 5.41) is 26.7. The Hall–Kier alpha value is -3.32. The number of fused-ring (bicyclic) bond motifs is 1. The van der Waals surface area contributed by atoms with Crippen LogP contribution in [0.3, 0.4) is 0 Å². The fourth-order valence-corrected chi connectivity index (χ4v) is 5.19. The maximum atomic E-state index is 13.1. The van der Waals surface area contributed by atoms with Gasteiger partial charge in [-0.25, -0.2) is 0 Å². The number of thiophene rings is 1. The molecule has 2 aromatic carbocycles. The van der Waals surface area contributed by atoms with Crippen LogP contribution in [0.4, 0.5) is 5.69 Å². The Morgan fingerprint density at radius 3 is 2.57 bits per heavy atom. The Morgan fingerprint density at radius 2 is 1.89 bits per heavy atom. The summed E-state index contributed by atoms with van der Waals surface area (Å²) in [5.41, 5.74) is 4.57. The first-order chi connectivity index (χ1) is 16.7. The third kappa shape index (κ3) is 5.35. The van der Waals surface area contributed by atoms with E-state index in [4.69, 9.17) is 10.1 Å². The predicted molar refractivity (Wildman–Crippen MR) is 142 cm³/mol. The van der Waals surface area contributed by atoms with Crippen LogP contribution in [0.15, 0.2) is 41.8 Å². The molecule has 3 aromatic rings. The van der Waals surface area contributed by atoms with E-state index in [2.05, 4.69) is 10.6 Å². The van der Waals surface area contributed by atoms with Gasteiger partial charge in [-0.15, -0.1) is 11.3 Å². The first kappa shape index (κ1) is 24.8. The van der Waals surface area contributed by atoms with E-state index in [0.29, 0.717) is 43.8 Å². The fraction of sp³-hybridized carbons (Fsp3) is 0.357. The molecular weight excluding hydrogens is 458 g/mol. The molecular formula is C28H33N3O3S. The largest absolute Gasteiger partial charge is 0.507 e. The number of carbonyl (C=O) groups is 1. The normalized spacial score (nSPS) is 16.8. The van der Waals surface area contributed by atoms with E-state index in [1.165, 1.54) is 0 Å². The Balaban J connectivity index is 1.30. The van der Waals surface area contributed by atoms with Crippen LogP contribution in [0.5, 0.6) is 11.5 Å². The van der Waals surface area contributed by atoms with Gasteiger partial charge in [-0.2, -0.15) is 0 Å². The van der Waals surface area contributed by atoms with Gasteiger partial charge in [0.05, 0.1) is 0 Å². The maximum Gasteiger partial charge on any atom is 0.263 e. The number of hydrogen-bond acceptors (Lipinski definition) is 5. The third-order valence-electron chi connectivity index (χ3n) is 6.88. The molecule has 0 saturated carbocycles. The molecule has 0 radical (unpaired) electrons. The predicted octanol–water partition coefficient (Wildman–Crippen LogP) is 5.45. The van der Waals surface area contributed by atoms with Crippen LogP contribution in [0, 0.1) is 26.2 Å². The molecule has 4 N–H and O–H groups in total. The van der Waals surface area contributed by atoms with E-state index in [-0.39, 0.29) is 5.91 Å². The van der Waals surface area contributed by atoms with Gasteiger partial charge in [-0.1, -0.05) is 18.2 Å². The van der Waals surface area contributed by atoms with Gasteiger partial charge in [0.25, 0.3) is 5.91 Å². The number of ether oxygens (including phenoxy) is 1. The van der Waals surface area contributed by atoms with Crippen molar-refractivity contribution >= 4 is 28.8 Å². The number of aromatic hydroxyl groups is 1. The number of rotatable bonds is 7. The van der Waals surface area contributed by atoms with Gasteiger partial charge in [-0.3, -0.25) is 10.2 Å². The monoisotopic (exact) mass is 491 g/mol. The van der Waals surface area contributed by atoms with E-state index in [9.17, 15) is 9.90 Å². The molecule has 1 unspecified atom stereocenters. The summed E-state index contributed by atoms with van der Waals surface area (Å²) < 4.78 is 6.27. The van der Waals surface area contributed by atoms with E-state index in [1.54, 1.807) is 11.3 Å². The van der Waals surface area contributed by atoms with E-state index < -0.39 is 5.60 Å². The second-order valence-corrected chi connectivity index (χ2v) is 10.5. The zero-order valence-electron chi connectivity index (χ0n) is 20.7. The average Bonchev–Trinajstić information content (AvgIpc) is 3.35. The molecule has 7 heteroatoms. The van der Waals surface area contributed by atoms with Gasteiger partial charge < -0.3 is 20.5 Å². The standard InChI is InChI=1S/C28H33N3O3S/c1-17-18(2)26-23(19(3)25(17)32)11-13-28(4,34-26)27(33)30-14-12-20-7-9-21(10-8-20)31-24(29)16-22-6-5-15-35-22/h5-10,15,32H,11-14,16H2,1-4H3,(H2,29,31)(H,30,33). The van der Waals surface area contributed by atoms with Crippen molar-refractivity contribution in [2.75, 3.05) is 11.9 Å². The van der Waals surface area contributed by atoms with Crippen LogP contribution in [-0.2, 0) is 24.1 Å². The highest BCUT2D eigenvalue weighted by atomic mass is 32.1. The summed E-state index contributed by atoms with van der Waals surface area (Å²) in [4.78, 5) is 14.2. The lowest BCUT2D eigenvalue weighted by atomic mass is 9.86. The van der Waals surface area contributed by atoms with Crippen LogP contribution < -0.4 is 15.4 Å². The minimum Gasteiger partial charge on any atom is -0.507 e. The fourth-order valence-electron chi connectivity index (χ4n) is 4.48. The van der Waals surface area contributed by atoms with Crippen molar-refractivity contribution in [3.05, 3.63) is 74.5 Å². The summed E-state index contributed by atoms with van der Waals surface area (Å²) in [6, 6.07) is 12.0. The summed E-state index contributed by atoms with van der Waals surface area (Å²) in [6.45, 7) is 8.06. The van der Waals surface area contributed by atoms with Gasteiger partial charge in [0.15, 0.2) is 5.60 Å². The zero-order valence-corrected chi connectivity index (χ0v) is 21.6. The molecule has 0 aliphatic carbocycles. The summed E-state index contributed by atoms with van der Waals surface area (Å²) in [5.74, 6) is 1.39. The molecule has 184 valence electrons. The van der Waals surface area contributed by atoms with Gasteiger partial charge in [0.2, 0.25) is 0 Å². The highest BCUT2D eigenvalue weighted by Gasteiger charge is 2.40. The lowest BCUT2D eigenvalue weighted by molar-refractivity contribution is -0.136. The van der Waals surface area contributed by atoms with Crippen molar-refractivity contribution in [1.82, 2.24) is 5.32 Å². The van der Waals surface area contributed by atoms with Crippen molar-refractivity contribution < 1.29 is 14.6 Å². The molecule has 2 heterocycles. The Labute approximate surface area is 210 Å². The first-order valence-electron chi connectivity index (χ1n) is 11.9. The number of anilines is 1. The smallest absolute Gasteiger partial charge is 0.263 e. The molecule has 0 spiro atoms. The molecule has 0 saturated heterocycles. The van der Waals surface area contributed by atoms with Crippen molar-refractivity contribution in [1.29, 1.82) is 5.41 Å². The maximum absolute atomic E-state index is 13.1. The summed E-state index contributed by atoms with van der Waals surface area (Å²) in [7, 11) is 0. The summed E-state index contributed by atoms with van der Waals surface area (Å²) >= 11 is 1.65. The molecule has 4 rings (SSSR count). The SMILES string of the molecule is Cc1c(C)c2c(c(C)c1O)CCC(C)(C(=O)NCCc1ccc(NC(=N)Cc3cccs3)cc1)O2. The number of nitrogens with one attached hydrogen (secondary N) is 3. The molecule has 1 aromatic heterocycles. The molecule has 35 heavy (non-hydrogen) atoms. The minimum absolute atomic E-state index is 0.119. The zero-order chi connectivity index (χ0) is 25.2. The molecule has 1 aliphatic rings. The van der Waals surface area contributed by atoms with Crippen LogP contribution >= 0.6 is 11.3 Å². The van der Waals surface area contributed by atoms with Crippen molar-refractivity contribution in [3.63, 3.8) is 0 Å². The molecule has 0 bridgehead atoms. The highest BCUT2D eigenvalue weighted by molar-refractivity contribution is 7.10. The highest BCUT2D eigenvalue weighted by Crippen LogP contribution is 2.43. The lowest BCUT2D eigenvalue weighted by Gasteiger charge is -2.36. The third-order valence-corrected chi connectivity index (χ3v) is 7.76. The van der Waals surface area contributed by atoms with Gasteiger partial charge in [0, 0.05) is 35.5 Å². The van der Waals surface area contributed by atoms with Crippen molar-refractivity contribution in [2.24, 2.45) is 0 Å². The van der Waals surface area contributed by atoms with E-state index >= 15 is 0 Å². The van der Waals surface area contributed by atoms with Gasteiger partial charge >= 0.3 is 0 Å². The summed E-state index contributed by atoms with van der Waals surface area (Å²) in [6.07, 6.45) is 2.55. The number of phenolic OH excluding ortho intramolecular Hbond substituents is 1. The molecule has 1 atom stereocenters. The topological polar surface area (TPSA) is 94.4 Å². The molecule has 1 amide bonds. The number of benzene rings is 2. The lowest BCUT2D eigenvalue weighted by Crippen LogP contribution is -2.51. The quantitative estimate of drug-likeness (QED) is 0.261. The Morgan fingerprint density at radius 1 is 1.14 bits per heavy atom. The first-order valence-corrected chi connectivity index (χ1v) is 12.8. The second-order valence-electron chi connectivity index (χ2n) is 9.43. The molecule has 0 fully saturated rings. The number of carbonyl (C=O) groups excluding carboxylic acids is 1. The molecule has 1 aliphatic heterocycles. The van der Waals surface area contributed by atoms with Crippen LogP contribution in [0.1, 0.15) is 46.0 Å². The van der Waals surface area contributed by atoms with Gasteiger partial charge in [0.1, 0.15) is 17.3 Å². The number of hydrogen-bond donors (Lipinski definition) is 4. The van der Waals surface area contributed by atoms with Crippen molar-refractivity contribution in [2.45, 2.75) is 59.0 Å². The van der Waals surface area contributed by atoms with Gasteiger partial charge in [-0.05, 0) is 86.4 Å². The Bertz CT molecular complexity index is 1240. The average molecular weight is 492 g/mol. The minimum atomic E-state index is -0.940. The van der Waals surface area contributed by atoms with E-state index in [1.807, 2.05) is 69.5 Å². The number of phenols is 1. The van der Waals surface area contributed by atoms with Crippen molar-refractivity contribution in [3.8, 4) is 11.5 Å². The van der Waals surface area contributed by atoms with Crippen LogP contribution in [0.25, 0.3) is 0 Å². The second kappa shape index (κ2) is 10.1. The number of amidine groups is 1. The van der Waals surface area contributed by atoms with E-state index in [0.717, 1.165) is 44.1 Å². The van der Waals surface area contributed by atoms with Crippen LogP contribution in [0.2, 0.25) is 0 Å². The molecule has 6 nitrogen and oxygen atoms in total. The van der Waals surface area contributed by atoms with Crippen LogP contribution in [-0.4, -0.2) is 29.0 Å². The Kier molecular flexibility index (Phi) is 7.17. The number of amides is 1.